The van der Waals surface area contributed by atoms with Gasteiger partial charge in [-0.05, 0) is 53.1 Å². The van der Waals surface area contributed by atoms with Gasteiger partial charge in [0.25, 0.3) is 0 Å². The summed E-state index contributed by atoms with van der Waals surface area (Å²) in [7, 11) is -2.40. The first-order chi connectivity index (χ1) is 10.1. The Bertz CT molecular complexity index is 195. The van der Waals surface area contributed by atoms with Crippen LogP contribution < -0.4 is 17.2 Å². The fourth-order valence-corrected chi connectivity index (χ4v) is 4.38. The van der Waals surface area contributed by atoms with E-state index in [4.69, 9.17) is 30.5 Å². The molecule has 21 heavy (non-hydrogen) atoms. The van der Waals surface area contributed by atoms with Crippen LogP contribution in [-0.2, 0) is 13.3 Å². The van der Waals surface area contributed by atoms with Crippen molar-refractivity contribution in [3.63, 3.8) is 0 Å². The van der Waals surface area contributed by atoms with Crippen molar-refractivity contribution in [2.24, 2.45) is 17.2 Å². The molecule has 0 aromatic carbocycles. The molecule has 0 amide bonds. The van der Waals surface area contributed by atoms with E-state index in [1.54, 1.807) is 0 Å². The van der Waals surface area contributed by atoms with E-state index in [1.807, 2.05) is 20.8 Å². The Morgan fingerprint density at radius 1 is 0.857 bits per heavy atom. The third-order valence-corrected chi connectivity index (χ3v) is 5.99. The van der Waals surface area contributed by atoms with E-state index >= 15 is 0 Å². The average Bonchev–Trinajstić information content (AvgIpc) is 2.47. The second-order valence-corrected chi connectivity index (χ2v) is 7.35. The molecule has 7 heteroatoms. The largest absolute Gasteiger partial charge is 0.500 e. The van der Waals surface area contributed by atoms with Gasteiger partial charge in [-0.3, -0.25) is 0 Å². The SMILES string of the molecule is CCC(N)CCN.CCO[Si](CCCN)(OCC)OCC. The van der Waals surface area contributed by atoms with Gasteiger partial charge in [0.15, 0.2) is 0 Å². The molecule has 0 bridgehead atoms. The third-order valence-electron chi connectivity index (χ3n) is 2.84. The normalized spacial score (nSPS) is 12.7. The summed E-state index contributed by atoms with van der Waals surface area (Å²) in [6.45, 7) is 11.2. The van der Waals surface area contributed by atoms with Gasteiger partial charge in [-0.15, -0.1) is 0 Å². The molecule has 0 fully saturated rings. The lowest BCUT2D eigenvalue weighted by Crippen LogP contribution is -2.46. The Labute approximate surface area is 132 Å². The Kier molecular flexibility index (Phi) is 18.1. The first-order valence-electron chi connectivity index (χ1n) is 8.13. The van der Waals surface area contributed by atoms with Crippen molar-refractivity contribution in [1.82, 2.24) is 0 Å². The summed E-state index contributed by atoms with van der Waals surface area (Å²) in [6, 6.07) is 1.14. The maximum Gasteiger partial charge on any atom is 0.500 e. The molecule has 0 spiro atoms. The molecule has 0 rings (SSSR count). The van der Waals surface area contributed by atoms with Gasteiger partial charge in [0, 0.05) is 31.9 Å². The van der Waals surface area contributed by atoms with E-state index < -0.39 is 8.80 Å². The zero-order chi connectivity index (χ0) is 16.6. The highest BCUT2D eigenvalue weighted by atomic mass is 28.4. The molecule has 0 aromatic heterocycles. The van der Waals surface area contributed by atoms with Crippen LogP contribution in [0.2, 0.25) is 6.04 Å². The minimum absolute atomic E-state index is 0.324. The molecule has 0 aliphatic rings. The fourth-order valence-electron chi connectivity index (χ4n) is 1.74. The fraction of sp³-hybridized carbons (Fsp3) is 1.00. The zero-order valence-corrected chi connectivity index (χ0v) is 15.4. The average molecular weight is 324 g/mol. The van der Waals surface area contributed by atoms with Crippen LogP contribution in [0.15, 0.2) is 0 Å². The highest BCUT2D eigenvalue weighted by Gasteiger charge is 2.39. The first kappa shape index (κ1) is 23.2. The van der Waals surface area contributed by atoms with E-state index in [-0.39, 0.29) is 0 Å². The van der Waals surface area contributed by atoms with E-state index in [1.165, 1.54) is 0 Å². The summed E-state index contributed by atoms with van der Waals surface area (Å²) in [6.07, 6.45) is 2.89. The Balaban J connectivity index is 0. The van der Waals surface area contributed by atoms with Crippen molar-refractivity contribution in [1.29, 1.82) is 0 Å². The second-order valence-electron chi connectivity index (χ2n) is 4.62. The number of hydrogen-bond donors (Lipinski definition) is 3. The minimum atomic E-state index is -2.40. The smallest absolute Gasteiger partial charge is 0.374 e. The maximum absolute atomic E-state index is 5.65. The van der Waals surface area contributed by atoms with Crippen LogP contribution in [0, 0.1) is 0 Å². The van der Waals surface area contributed by atoms with Crippen LogP contribution in [0.5, 0.6) is 0 Å². The summed E-state index contributed by atoms with van der Waals surface area (Å²) in [5.41, 5.74) is 16.2. The van der Waals surface area contributed by atoms with E-state index in [9.17, 15) is 0 Å². The summed E-state index contributed by atoms with van der Waals surface area (Å²) < 4.78 is 17.0. The lowest BCUT2D eigenvalue weighted by Gasteiger charge is -2.28. The summed E-state index contributed by atoms with van der Waals surface area (Å²) >= 11 is 0. The zero-order valence-electron chi connectivity index (χ0n) is 14.4. The molecule has 1 atom stereocenters. The van der Waals surface area contributed by atoms with Crippen LogP contribution in [0.3, 0.4) is 0 Å². The molecule has 0 heterocycles. The van der Waals surface area contributed by atoms with Crippen molar-refractivity contribution in [3.05, 3.63) is 0 Å². The van der Waals surface area contributed by atoms with Crippen molar-refractivity contribution in [2.75, 3.05) is 32.9 Å². The quantitative estimate of drug-likeness (QED) is 0.469. The van der Waals surface area contributed by atoms with Crippen molar-refractivity contribution < 1.29 is 13.3 Å². The van der Waals surface area contributed by atoms with Crippen molar-refractivity contribution in [3.8, 4) is 0 Å². The van der Waals surface area contributed by atoms with Crippen LogP contribution in [0.1, 0.15) is 47.0 Å². The van der Waals surface area contributed by atoms with Crippen LogP contribution in [0.4, 0.5) is 0 Å². The minimum Gasteiger partial charge on any atom is -0.374 e. The molecular formula is C14H37N3O3Si. The Morgan fingerprint density at radius 2 is 1.33 bits per heavy atom. The third kappa shape index (κ3) is 13.4. The summed E-state index contributed by atoms with van der Waals surface area (Å²) in [5, 5.41) is 0. The molecule has 0 aliphatic carbocycles. The van der Waals surface area contributed by atoms with E-state index in [0.717, 1.165) is 31.9 Å². The highest BCUT2D eigenvalue weighted by Crippen LogP contribution is 2.17. The molecule has 130 valence electrons. The van der Waals surface area contributed by atoms with Gasteiger partial charge >= 0.3 is 8.80 Å². The van der Waals surface area contributed by atoms with Crippen molar-refractivity contribution >= 4 is 8.80 Å². The standard InChI is InChI=1S/C9H23NO3Si.C5H14N2/c1-4-11-14(12-5-2,13-6-3)9-7-8-10;1-2-5(7)3-4-6/h4-10H2,1-3H3;5H,2-4,6-7H2,1H3. The monoisotopic (exact) mass is 323 g/mol. The molecule has 0 aliphatic heterocycles. The molecule has 6 N–H and O–H groups in total. The highest BCUT2D eigenvalue weighted by molar-refractivity contribution is 6.60. The lowest BCUT2D eigenvalue weighted by atomic mass is 10.2. The van der Waals surface area contributed by atoms with Crippen LogP contribution >= 0.6 is 0 Å². The molecule has 6 nitrogen and oxygen atoms in total. The first-order valence-corrected chi connectivity index (χ1v) is 10.1. The van der Waals surface area contributed by atoms with Crippen molar-refractivity contribution in [2.45, 2.75) is 59.0 Å². The maximum atomic E-state index is 5.65. The predicted octanol–water partition coefficient (Wildman–Crippen LogP) is 1.46. The number of nitrogens with two attached hydrogens (primary N) is 3. The number of rotatable bonds is 12. The van der Waals surface area contributed by atoms with Gasteiger partial charge in [0.2, 0.25) is 0 Å². The summed E-state index contributed by atoms with van der Waals surface area (Å²) in [4.78, 5) is 0. The van der Waals surface area contributed by atoms with E-state index in [0.29, 0.717) is 32.4 Å². The number of hydrogen-bond acceptors (Lipinski definition) is 6. The molecular weight excluding hydrogens is 286 g/mol. The predicted molar refractivity (Wildman–Crippen MR) is 91.0 cm³/mol. The topological polar surface area (TPSA) is 106 Å². The second kappa shape index (κ2) is 16.3. The van der Waals surface area contributed by atoms with Gasteiger partial charge in [0.1, 0.15) is 0 Å². The van der Waals surface area contributed by atoms with Gasteiger partial charge in [-0.1, -0.05) is 6.92 Å². The molecule has 1 unspecified atom stereocenters. The van der Waals surface area contributed by atoms with Gasteiger partial charge in [-0.25, -0.2) is 0 Å². The van der Waals surface area contributed by atoms with E-state index in [2.05, 4.69) is 6.92 Å². The molecule has 0 saturated heterocycles. The molecule has 0 radical (unpaired) electrons. The van der Waals surface area contributed by atoms with Gasteiger partial charge in [0.05, 0.1) is 0 Å². The van der Waals surface area contributed by atoms with Crippen LogP contribution in [0.25, 0.3) is 0 Å². The Morgan fingerprint density at radius 3 is 1.57 bits per heavy atom. The lowest BCUT2D eigenvalue weighted by molar-refractivity contribution is 0.0710. The van der Waals surface area contributed by atoms with Gasteiger partial charge < -0.3 is 30.5 Å². The molecule has 0 saturated carbocycles. The Hall–Kier alpha value is -0.0231. The summed E-state index contributed by atoms with van der Waals surface area (Å²) in [5.74, 6) is 0. The van der Waals surface area contributed by atoms with Gasteiger partial charge in [-0.2, -0.15) is 0 Å². The van der Waals surface area contributed by atoms with Crippen LogP contribution in [-0.4, -0.2) is 47.8 Å². The molecule has 0 aromatic rings.